The van der Waals surface area contributed by atoms with Gasteiger partial charge in [0.2, 0.25) is 5.75 Å². The number of hydrogen-bond acceptors (Lipinski definition) is 6. The van der Waals surface area contributed by atoms with E-state index < -0.39 is 11.9 Å². The van der Waals surface area contributed by atoms with Gasteiger partial charge in [-0.25, -0.2) is 9.37 Å². The van der Waals surface area contributed by atoms with Crippen LogP contribution in [0.25, 0.3) is 16.5 Å². The van der Waals surface area contributed by atoms with Gasteiger partial charge < -0.3 is 14.9 Å². The Kier molecular flexibility index (Phi) is 6.05. The molecular weight excluding hydrogens is 442 g/mol. The summed E-state index contributed by atoms with van der Waals surface area (Å²) in [6, 6.07) is 4.80. The summed E-state index contributed by atoms with van der Waals surface area (Å²) in [7, 11) is 0. The average Bonchev–Trinajstić information content (AvgIpc) is 3.18. The van der Waals surface area contributed by atoms with Crippen LogP contribution in [-0.4, -0.2) is 29.5 Å². The lowest BCUT2D eigenvalue weighted by atomic mass is 9.99. The first-order valence-electron chi connectivity index (χ1n) is 9.65. The van der Waals surface area contributed by atoms with Gasteiger partial charge in [-0.1, -0.05) is 29.3 Å². The number of benzene rings is 1. The predicted octanol–water partition coefficient (Wildman–Crippen LogP) is 5.61. The molecule has 4 rings (SSSR count). The molecule has 160 valence electrons. The van der Waals surface area contributed by atoms with E-state index in [1.165, 1.54) is 12.1 Å². The fourth-order valence-electron chi connectivity index (χ4n) is 3.69. The molecule has 31 heavy (non-hydrogen) atoms. The molecule has 1 aliphatic rings. The van der Waals surface area contributed by atoms with Crippen molar-refractivity contribution >= 4 is 45.6 Å². The number of halogens is 3. The number of fused-ring (bicyclic) bond motifs is 1. The number of aromatic nitrogens is 1. The van der Waals surface area contributed by atoms with Gasteiger partial charge in [0.15, 0.2) is 11.4 Å². The number of rotatable bonds is 5. The molecule has 0 spiro atoms. The molecular formula is C22H19Cl2FN4O2. The highest BCUT2D eigenvalue weighted by Crippen LogP contribution is 2.41. The van der Waals surface area contributed by atoms with Gasteiger partial charge in [-0.05, 0) is 31.1 Å². The van der Waals surface area contributed by atoms with Gasteiger partial charge in [-0.2, -0.15) is 5.26 Å². The summed E-state index contributed by atoms with van der Waals surface area (Å²) < 4.78 is 25.8. The molecule has 2 N–H and O–H groups in total. The normalized spacial score (nSPS) is 15.5. The van der Waals surface area contributed by atoms with Crippen molar-refractivity contribution in [3.63, 3.8) is 0 Å². The Morgan fingerprint density at radius 1 is 1.42 bits per heavy atom. The van der Waals surface area contributed by atoms with E-state index >= 15 is 0 Å². The third-order valence-corrected chi connectivity index (χ3v) is 6.03. The topological polar surface area (TPSA) is 88.3 Å². The van der Waals surface area contributed by atoms with Gasteiger partial charge in [0.05, 0.1) is 29.3 Å². The number of anilines is 1. The van der Waals surface area contributed by atoms with E-state index in [4.69, 9.17) is 43.4 Å². The minimum absolute atomic E-state index is 0.104. The summed E-state index contributed by atoms with van der Waals surface area (Å²) in [6.07, 6.45) is 5.45. The highest BCUT2D eigenvalue weighted by molar-refractivity contribution is 6.36. The maximum atomic E-state index is 13.9. The zero-order valence-corrected chi connectivity index (χ0v) is 18.2. The summed E-state index contributed by atoms with van der Waals surface area (Å²) >= 11 is 12.3. The van der Waals surface area contributed by atoms with Crippen LogP contribution in [-0.2, 0) is 0 Å². The van der Waals surface area contributed by atoms with Gasteiger partial charge >= 0.3 is 0 Å². The highest BCUT2D eigenvalue weighted by Gasteiger charge is 2.24. The molecule has 0 bridgehead atoms. The first-order valence-corrected chi connectivity index (χ1v) is 10.4. The van der Waals surface area contributed by atoms with Crippen LogP contribution in [0.1, 0.15) is 30.6 Å². The van der Waals surface area contributed by atoms with Gasteiger partial charge in [0.25, 0.3) is 0 Å². The van der Waals surface area contributed by atoms with Crippen molar-refractivity contribution in [3.8, 4) is 11.8 Å². The van der Waals surface area contributed by atoms with Gasteiger partial charge in [-0.3, -0.25) is 4.90 Å². The lowest BCUT2D eigenvalue weighted by Gasteiger charge is -2.23. The minimum atomic E-state index is -0.701. The summed E-state index contributed by atoms with van der Waals surface area (Å²) in [5.41, 5.74) is 8.84. The molecule has 0 aliphatic carbocycles. The van der Waals surface area contributed by atoms with Crippen molar-refractivity contribution in [3.05, 3.63) is 57.7 Å². The monoisotopic (exact) mass is 460 g/mol. The molecule has 1 atom stereocenters. The predicted molar refractivity (Wildman–Crippen MR) is 119 cm³/mol. The van der Waals surface area contributed by atoms with Crippen LogP contribution in [0.4, 0.5) is 10.2 Å². The van der Waals surface area contributed by atoms with Crippen LogP contribution in [0.2, 0.25) is 10.0 Å². The Bertz CT molecular complexity index is 1220. The second kappa shape index (κ2) is 8.75. The third-order valence-electron chi connectivity index (χ3n) is 5.32. The molecule has 1 aromatic carbocycles. The van der Waals surface area contributed by atoms with E-state index in [0.29, 0.717) is 24.2 Å². The summed E-state index contributed by atoms with van der Waals surface area (Å²) in [4.78, 5) is 6.32. The number of furan rings is 1. The van der Waals surface area contributed by atoms with Crippen LogP contribution < -0.4 is 10.5 Å². The fraction of sp³-hybridized carbons (Fsp3) is 0.273. The number of ether oxygens (including phenoxy) is 1. The molecule has 9 heteroatoms. The molecule has 0 unspecified atom stereocenters. The van der Waals surface area contributed by atoms with Crippen LogP contribution in [0.15, 0.2) is 35.1 Å². The molecule has 0 saturated carbocycles. The Morgan fingerprint density at radius 2 is 2.23 bits per heavy atom. The molecule has 2 aromatic heterocycles. The van der Waals surface area contributed by atoms with Gasteiger partial charge in [-0.15, -0.1) is 0 Å². The third kappa shape index (κ3) is 4.07. The summed E-state index contributed by atoms with van der Waals surface area (Å²) in [5, 5.41) is 9.81. The Labute approximate surface area is 188 Å². The maximum absolute atomic E-state index is 13.9. The second-order valence-electron chi connectivity index (χ2n) is 7.25. The average molecular weight is 461 g/mol. The van der Waals surface area contributed by atoms with E-state index in [0.717, 1.165) is 29.5 Å². The van der Waals surface area contributed by atoms with Gasteiger partial charge in [0.1, 0.15) is 11.9 Å². The first-order chi connectivity index (χ1) is 14.9. The van der Waals surface area contributed by atoms with Crippen molar-refractivity contribution in [2.75, 3.05) is 25.4 Å². The van der Waals surface area contributed by atoms with Crippen LogP contribution in [0, 0.1) is 17.1 Å². The number of nitrogens with two attached hydrogens (primary N) is 1. The largest absolute Gasteiger partial charge is 0.478 e. The SMILES string of the molecule is C[C@@H](Oc1c(N)ncc2c(C3=CCN(CC#N)CC3)coc12)c1c(Cl)ccc(F)c1Cl. The second-order valence-corrected chi connectivity index (χ2v) is 8.04. The van der Waals surface area contributed by atoms with Crippen molar-refractivity contribution in [2.45, 2.75) is 19.4 Å². The molecule has 0 radical (unpaired) electrons. The minimum Gasteiger partial charge on any atom is -0.478 e. The molecule has 6 nitrogen and oxygen atoms in total. The zero-order chi connectivity index (χ0) is 22.1. The number of pyridine rings is 1. The van der Waals surface area contributed by atoms with Gasteiger partial charge in [0, 0.05) is 35.4 Å². The molecule has 1 aliphatic heterocycles. The first kappa shape index (κ1) is 21.4. The summed E-state index contributed by atoms with van der Waals surface area (Å²) in [6.45, 7) is 3.57. The number of nitrogen functional groups attached to an aromatic ring is 1. The Balaban J connectivity index is 1.68. The molecule has 3 aromatic rings. The standard InChI is InChI=1S/C22H19Cl2FN4O2/c1-12(18-16(23)2-3-17(25)19(18)24)31-21-20-14(10-28-22(21)27)15(11-30-20)13-4-7-29(8-5-13)9-6-26/h2-4,10-12H,5,7-9H2,1H3,(H2,27,28)/t12-/m1/s1. The van der Waals surface area contributed by atoms with Crippen molar-refractivity contribution < 1.29 is 13.5 Å². The highest BCUT2D eigenvalue weighted by atomic mass is 35.5. The quantitative estimate of drug-likeness (QED) is 0.393. The van der Waals surface area contributed by atoms with E-state index in [2.05, 4.69) is 22.0 Å². The number of nitriles is 1. The van der Waals surface area contributed by atoms with Crippen LogP contribution in [0.5, 0.6) is 5.75 Å². The number of hydrogen-bond donors (Lipinski definition) is 1. The van der Waals surface area contributed by atoms with Crippen molar-refractivity contribution in [1.29, 1.82) is 5.26 Å². The lowest BCUT2D eigenvalue weighted by Crippen LogP contribution is -2.28. The van der Waals surface area contributed by atoms with E-state index in [-0.39, 0.29) is 21.6 Å². The summed E-state index contributed by atoms with van der Waals surface area (Å²) in [5.74, 6) is -0.201. The van der Waals surface area contributed by atoms with Crippen LogP contribution in [0.3, 0.4) is 0 Å². The van der Waals surface area contributed by atoms with E-state index in [1.54, 1.807) is 19.4 Å². The Hall–Kier alpha value is -2.79. The van der Waals surface area contributed by atoms with Crippen molar-refractivity contribution in [1.82, 2.24) is 9.88 Å². The smallest absolute Gasteiger partial charge is 0.205 e. The fourth-order valence-corrected chi connectivity index (χ4v) is 4.37. The lowest BCUT2D eigenvalue weighted by molar-refractivity contribution is 0.227. The maximum Gasteiger partial charge on any atom is 0.205 e. The van der Waals surface area contributed by atoms with Crippen LogP contribution >= 0.6 is 23.2 Å². The zero-order valence-electron chi connectivity index (χ0n) is 16.7. The molecule has 0 saturated heterocycles. The number of nitrogens with zero attached hydrogens (tertiary/aromatic N) is 3. The van der Waals surface area contributed by atoms with Crippen molar-refractivity contribution in [2.24, 2.45) is 0 Å². The van der Waals surface area contributed by atoms with E-state index in [1.807, 2.05) is 0 Å². The van der Waals surface area contributed by atoms with E-state index in [9.17, 15) is 4.39 Å². The molecule has 0 amide bonds. The molecule has 3 heterocycles. The molecule has 0 fully saturated rings. The Morgan fingerprint density at radius 3 is 2.94 bits per heavy atom.